The number of aromatic amines is 1. The molecular weight excluding hydrogens is 234 g/mol. The van der Waals surface area contributed by atoms with Crippen molar-refractivity contribution in [2.24, 2.45) is 9.98 Å². The van der Waals surface area contributed by atoms with Crippen molar-refractivity contribution in [2.75, 3.05) is 7.05 Å². The van der Waals surface area contributed by atoms with Crippen LogP contribution in [0.25, 0.3) is 0 Å². The molecule has 3 heteroatoms. The highest BCUT2D eigenvalue weighted by atomic mass is 14.8. The Labute approximate surface area is 114 Å². The van der Waals surface area contributed by atoms with Crippen LogP contribution < -0.4 is 0 Å². The van der Waals surface area contributed by atoms with Crippen LogP contribution in [0.4, 0.5) is 5.69 Å². The van der Waals surface area contributed by atoms with Gasteiger partial charge in [-0.2, -0.15) is 0 Å². The van der Waals surface area contributed by atoms with Gasteiger partial charge in [-0.15, -0.1) is 0 Å². The maximum Gasteiger partial charge on any atom is 0.0689 e. The molecule has 1 heterocycles. The van der Waals surface area contributed by atoms with Gasteiger partial charge >= 0.3 is 0 Å². The van der Waals surface area contributed by atoms with Crippen LogP contribution in [-0.2, 0) is 0 Å². The van der Waals surface area contributed by atoms with Crippen LogP contribution in [0.1, 0.15) is 28.1 Å². The summed E-state index contributed by atoms with van der Waals surface area (Å²) in [6, 6.07) is 8.30. The first kappa shape index (κ1) is 13.3. The number of nitrogens with one attached hydrogen (secondary N) is 1. The molecule has 1 aromatic carbocycles. The van der Waals surface area contributed by atoms with Gasteiger partial charge in [0.05, 0.1) is 23.3 Å². The van der Waals surface area contributed by atoms with E-state index in [9.17, 15) is 0 Å². The van der Waals surface area contributed by atoms with Crippen LogP contribution in [0, 0.1) is 20.8 Å². The number of hydrogen-bond donors (Lipinski definition) is 1. The predicted octanol–water partition coefficient (Wildman–Crippen LogP) is 3.74. The summed E-state index contributed by atoms with van der Waals surface area (Å²) in [5.74, 6) is 0. The average molecular weight is 253 g/mol. The van der Waals surface area contributed by atoms with Gasteiger partial charge in [-0.1, -0.05) is 17.7 Å². The SMILES string of the molecule is CN=Cc1ccc(C=Nc2c(C)cc(C)cc2C)[nH]1. The molecule has 0 atom stereocenters. The third kappa shape index (κ3) is 3.19. The second kappa shape index (κ2) is 5.65. The number of nitrogens with zero attached hydrogens (tertiary/aromatic N) is 2. The first-order chi connectivity index (χ1) is 9.10. The van der Waals surface area contributed by atoms with E-state index in [2.05, 4.69) is 47.9 Å². The van der Waals surface area contributed by atoms with Crippen LogP contribution in [-0.4, -0.2) is 24.5 Å². The van der Waals surface area contributed by atoms with Gasteiger partial charge in [0.15, 0.2) is 0 Å². The monoisotopic (exact) mass is 253 g/mol. The molecule has 0 aliphatic carbocycles. The van der Waals surface area contributed by atoms with Crippen molar-refractivity contribution in [1.29, 1.82) is 0 Å². The number of rotatable bonds is 3. The molecule has 1 aromatic heterocycles. The topological polar surface area (TPSA) is 40.5 Å². The highest BCUT2D eigenvalue weighted by molar-refractivity contribution is 5.84. The third-order valence-electron chi connectivity index (χ3n) is 2.97. The van der Waals surface area contributed by atoms with Crippen molar-refractivity contribution in [3.63, 3.8) is 0 Å². The third-order valence-corrected chi connectivity index (χ3v) is 2.97. The lowest BCUT2D eigenvalue weighted by atomic mass is 10.1. The molecule has 2 rings (SSSR count). The molecule has 0 fully saturated rings. The molecule has 0 radical (unpaired) electrons. The zero-order chi connectivity index (χ0) is 13.8. The molecular formula is C16H19N3. The highest BCUT2D eigenvalue weighted by Gasteiger charge is 2.01. The molecule has 2 aromatic rings. The van der Waals surface area contributed by atoms with Crippen molar-refractivity contribution < 1.29 is 0 Å². The maximum atomic E-state index is 4.59. The molecule has 0 unspecified atom stereocenters. The number of benzene rings is 1. The van der Waals surface area contributed by atoms with Crippen molar-refractivity contribution >= 4 is 18.1 Å². The van der Waals surface area contributed by atoms with Gasteiger partial charge in [-0.25, -0.2) is 0 Å². The van der Waals surface area contributed by atoms with E-state index in [0.29, 0.717) is 0 Å². The summed E-state index contributed by atoms with van der Waals surface area (Å²) in [5.41, 5.74) is 6.70. The molecule has 3 nitrogen and oxygen atoms in total. The fraction of sp³-hybridized carbons (Fsp3) is 0.250. The van der Waals surface area contributed by atoms with Crippen LogP contribution in [0.3, 0.4) is 0 Å². The van der Waals surface area contributed by atoms with Gasteiger partial charge in [0, 0.05) is 13.3 Å². The highest BCUT2D eigenvalue weighted by Crippen LogP contribution is 2.24. The second-order valence-corrected chi connectivity index (χ2v) is 4.76. The van der Waals surface area contributed by atoms with E-state index in [1.165, 1.54) is 16.7 Å². The molecule has 0 aliphatic rings. The summed E-state index contributed by atoms with van der Waals surface area (Å²) in [4.78, 5) is 11.8. The predicted molar refractivity (Wildman–Crippen MR) is 82.2 cm³/mol. The van der Waals surface area contributed by atoms with Gasteiger partial charge in [-0.05, 0) is 44.0 Å². The minimum Gasteiger partial charge on any atom is -0.353 e. The van der Waals surface area contributed by atoms with E-state index in [-0.39, 0.29) is 0 Å². The van der Waals surface area contributed by atoms with E-state index in [4.69, 9.17) is 0 Å². The zero-order valence-electron chi connectivity index (χ0n) is 11.9. The van der Waals surface area contributed by atoms with Gasteiger partial charge in [0.1, 0.15) is 0 Å². The molecule has 0 amide bonds. The van der Waals surface area contributed by atoms with E-state index in [1.807, 2.05) is 18.3 Å². The van der Waals surface area contributed by atoms with E-state index in [1.54, 1.807) is 13.3 Å². The largest absolute Gasteiger partial charge is 0.353 e. The molecule has 1 N–H and O–H groups in total. The Balaban J connectivity index is 2.27. The summed E-state index contributed by atoms with van der Waals surface area (Å²) in [6.45, 7) is 6.29. The number of aryl methyl sites for hydroxylation is 3. The second-order valence-electron chi connectivity index (χ2n) is 4.76. The quantitative estimate of drug-likeness (QED) is 0.810. The Hall–Kier alpha value is -2.16. The van der Waals surface area contributed by atoms with Crippen LogP contribution in [0.5, 0.6) is 0 Å². The summed E-state index contributed by atoms with van der Waals surface area (Å²) in [7, 11) is 1.76. The van der Waals surface area contributed by atoms with Crippen molar-refractivity contribution in [1.82, 2.24) is 4.98 Å². The number of aromatic nitrogens is 1. The number of hydrogen-bond acceptors (Lipinski definition) is 2. The minimum absolute atomic E-state index is 0.981. The lowest BCUT2D eigenvalue weighted by Gasteiger charge is -2.05. The Morgan fingerprint density at radius 3 is 2.11 bits per heavy atom. The normalized spacial score (nSPS) is 11.8. The smallest absolute Gasteiger partial charge is 0.0689 e. The fourth-order valence-electron chi connectivity index (χ4n) is 2.23. The van der Waals surface area contributed by atoms with Gasteiger partial charge in [0.25, 0.3) is 0 Å². The fourth-order valence-corrected chi connectivity index (χ4v) is 2.23. The summed E-state index contributed by atoms with van der Waals surface area (Å²) >= 11 is 0. The molecule has 98 valence electrons. The average Bonchev–Trinajstić information content (AvgIpc) is 2.76. The first-order valence-electron chi connectivity index (χ1n) is 6.33. The molecule has 0 aliphatic heterocycles. The minimum atomic E-state index is 0.981. The lowest BCUT2D eigenvalue weighted by Crippen LogP contribution is -1.87. The van der Waals surface area contributed by atoms with Gasteiger partial charge in [-0.3, -0.25) is 9.98 Å². The summed E-state index contributed by atoms with van der Waals surface area (Å²) < 4.78 is 0. The van der Waals surface area contributed by atoms with Gasteiger partial charge in [0.2, 0.25) is 0 Å². The Morgan fingerprint density at radius 2 is 1.53 bits per heavy atom. The Morgan fingerprint density at radius 1 is 0.947 bits per heavy atom. The lowest BCUT2D eigenvalue weighted by molar-refractivity contribution is 1.28. The Bertz CT molecular complexity index is 610. The number of aliphatic imine (C=N–C) groups is 2. The zero-order valence-corrected chi connectivity index (χ0v) is 11.9. The molecule has 0 saturated carbocycles. The maximum absolute atomic E-state index is 4.59. The van der Waals surface area contributed by atoms with Crippen molar-refractivity contribution in [3.8, 4) is 0 Å². The molecule has 0 bridgehead atoms. The summed E-state index contributed by atoms with van der Waals surface area (Å²) in [5, 5.41) is 0. The first-order valence-corrected chi connectivity index (χ1v) is 6.33. The summed E-state index contributed by atoms with van der Waals surface area (Å²) in [6.07, 6.45) is 3.65. The van der Waals surface area contributed by atoms with Crippen LogP contribution in [0.15, 0.2) is 34.3 Å². The van der Waals surface area contributed by atoms with Gasteiger partial charge < -0.3 is 4.98 Å². The van der Waals surface area contributed by atoms with Crippen molar-refractivity contribution in [3.05, 3.63) is 52.3 Å². The Kier molecular flexibility index (Phi) is 3.95. The van der Waals surface area contributed by atoms with Crippen molar-refractivity contribution in [2.45, 2.75) is 20.8 Å². The molecule has 0 spiro atoms. The standard InChI is InChI=1S/C16H19N3/c1-11-7-12(2)16(13(3)8-11)18-10-15-6-5-14(19-15)9-17-4/h5-10,19H,1-4H3. The van der Waals surface area contributed by atoms with Crippen LogP contribution >= 0.6 is 0 Å². The molecule has 19 heavy (non-hydrogen) atoms. The molecule has 0 saturated heterocycles. The van der Waals surface area contributed by atoms with Crippen LogP contribution in [0.2, 0.25) is 0 Å². The van der Waals surface area contributed by atoms with E-state index in [0.717, 1.165) is 17.1 Å². The van der Waals surface area contributed by atoms with E-state index >= 15 is 0 Å². The van der Waals surface area contributed by atoms with E-state index < -0.39 is 0 Å². The number of H-pyrrole nitrogens is 1.